The van der Waals surface area contributed by atoms with Crippen molar-refractivity contribution in [3.8, 4) is 0 Å². The second-order valence-corrected chi connectivity index (χ2v) is 3.55. The third-order valence-electron chi connectivity index (χ3n) is 2.64. The van der Waals surface area contributed by atoms with Gasteiger partial charge in [-0.1, -0.05) is 19.3 Å². The van der Waals surface area contributed by atoms with Gasteiger partial charge in [-0.2, -0.15) is 0 Å². The van der Waals surface area contributed by atoms with Gasteiger partial charge in [0.1, 0.15) is 0 Å². The quantitative estimate of drug-likeness (QED) is 0.681. The van der Waals surface area contributed by atoms with E-state index in [4.69, 9.17) is 10.8 Å². The van der Waals surface area contributed by atoms with Crippen LogP contribution in [0.4, 0.5) is 4.79 Å². The Labute approximate surface area is 78.7 Å². The lowest BCUT2D eigenvalue weighted by atomic mass is 9.94. The van der Waals surface area contributed by atoms with Crippen molar-refractivity contribution in [2.45, 2.75) is 38.1 Å². The minimum Gasteiger partial charge on any atom is -0.395 e. The second kappa shape index (κ2) is 5.07. The van der Waals surface area contributed by atoms with Crippen LogP contribution in [0.3, 0.4) is 0 Å². The first-order chi connectivity index (χ1) is 6.25. The number of carbonyl (C=O) groups excluding carboxylic acids is 1. The standard InChI is InChI=1S/C9H18N2O2/c10-9(13)11(6-7-12)8-4-2-1-3-5-8/h8,12H,1-7H2,(H2,10,13). The summed E-state index contributed by atoms with van der Waals surface area (Å²) in [7, 11) is 0. The lowest BCUT2D eigenvalue weighted by molar-refractivity contribution is 0.141. The molecule has 13 heavy (non-hydrogen) atoms. The summed E-state index contributed by atoms with van der Waals surface area (Å²) in [6.07, 6.45) is 5.65. The van der Waals surface area contributed by atoms with Gasteiger partial charge in [0.05, 0.1) is 6.61 Å². The Morgan fingerprint density at radius 2 is 2.00 bits per heavy atom. The molecule has 1 saturated carbocycles. The zero-order valence-corrected chi connectivity index (χ0v) is 7.91. The van der Waals surface area contributed by atoms with E-state index in [-0.39, 0.29) is 12.6 Å². The number of urea groups is 1. The van der Waals surface area contributed by atoms with Crippen LogP contribution in [0.5, 0.6) is 0 Å². The van der Waals surface area contributed by atoms with Crippen molar-refractivity contribution < 1.29 is 9.90 Å². The Kier molecular flexibility index (Phi) is 4.02. The molecule has 0 aromatic heterocycles. The molecule has 0 unspecified atom stereocenters. The highest BCUT2D eigenvalue weighted by molar-refractivity contribution is 5.72. The summed E-state index contributed by atoms with van der Waals surface area (Å²) >= 11 is 0. The van der Waals surface area contributed by atoms with E-state index < -0.39 is 6.03 Å². The zero-order valence-electron chi connectivity index (χ0n) is 7.91. The van der Waals surface area contributed by atoms with Crippen molar-refractivity contribution in [3.63, 3.8) is 0 Å². The Bertz CT molecular complexity index is 167. The molecule has 3 N–H and O–H groups in total. The maximum atomic E-state index is 11.0. The molecule has 0 bridgehead atoms. The predicted molar refractivity (Wildman–Crippen MR) is 50.2 cm³/mol. The first-order valence-corrected chi connectivity index (χ1v) is 4.92. The van der Waals surface area contributed by atoms with Gasteiger partial charge >= 0.3 is 6.03 Å². The highest BCUT2D eigenvalue weighted by atomic mass is 16.3. The molecule has 0 radical (unpaired) electrons. The molecule has 0 saturated heterocycles. The third kappa shape index (κ3) is 2.88. The summed E-state index contributed by atoms with van der Waals surface area (Å²) in [6.45, 7) is 0.374. The van der Waals surface area contributed by atoms with Gasteiger partial charge < -0.3 is 15.7 Å². The smallest absolute Gasteiger partial charge is 0.315 e. The number of primary amides is 1. The minimum absolute atomic E-state index is 0.000556. The summed E-state index contributed by atoms with van der Waals surface area (Å²) in [4.78, 5) is 12.6. The van der Waals surface area contributed by atoms with Gasteiger partial charge in [0.25, 0.3) is 0 Å². The van der Waals surface area contributed by atoms with Gasteiger partial charge in [-0.15, -0.1) is 0 Å². The minimum atomic E-state index is -0.402. The lowest BCUT2D eigenvalue weighted by Crippen LogP contribution is -2.45. The van der Waals surface area contributed by atoms with Crippen LogP contribution in [0.1, 0.15) is 32.1 Å². The first-order valence-electron chi connectivity index (χ1n) is 4.92. The highest BCUT2D eigenvalue weighted by Crippen LogP contribution is 2.22. The summed E-state index contributed by atoms with van der Waals surface area (Å²) in [5.41, 5.74) is 5.23. The summed E-state index contributed by atoms with van der Waals surface area (Å²) in [6, 6.07) is -0.139. The van der Waals surface area contributed by atoms with Crippen LogP contribution in [-0.2, 0) is 0 Å². The molecule has 4 nitrogen and oxygen atoms in total. The number of rotatable bonds is 3. The molecule has 1 aliphatic carbocycles. The number of amides is 2. The van der Waals surface area contributed by atoms with Crippen molar-refractivity contribution >= 4 is 6.03 Å². The SMILES string of the molecule is NC(=O)N(CCO)C1CCCCC1. The van der Waals surface area contributed by atoms with E-state index in [1.54, 1.807) is 4.90 Å². The number of hydrogen-bond acceptors (Lipinski definition) is 2. The first kappa shape index (κ1) is 10.3. The number of nitrogens with zero attached hydrogens (tertiary/aromatic N) is 1. The van der Waals surface area contributed by atoms with E-state index >= 15 is 0 Å². The van der Waals surface area contributed by atoms with Crippen molar-refractivity contribution in [2.75, 3.05) is 13.2 Å². The fraction of sp³-hybridized carbons (Fsp3) is 0.889. The van der Waals surface area contributed by atoms with E-state index in [0.717, 1.165) is 12.8 Å². The van der Waals surface area contributed by atoms with Crippen LogP contribution in [-0.4, -0.2) is 35.2 Å². The fourth-order valence-electron chi connectivity index (χ4n) is 1.97. The van der Waals surface area contributed by atoms with E-state index in [1.165, 1.54) is 19.3 Å². The number of aliphatic hydroxyl groups excluding tert-OH is 1. The van der Waals surface area contributed by atoms with Crippen LogP contribution >= 0.6 is 0 Å². The molecule has 0 aromatic carbocycles. The van der Waals surface area contributed by atoms with Gasteiger partial charge in [0.2, 0.25) is 0 Å². The van der Waals surface area contributed by atoms with E-state index in [2.05, 4.69) is 0 Å². The third-order valence-corrected chi connectivity index (χ3v) is 2.64. The van der Waals surface area contributed by atoms with Gasteiger partial charge in [-0.3, -0.25) is 0 Å². The van der Waals surface area contributed by atoms with Crippen molar-refractivity contribution in [2.24, 2.45) is 5.73 Å². The summed E-state index contributed by atoms with van der Waals surface area (Å²) in [5, 5.41) is 8.77. The van der Waals surface area contributed by atoms with Crippen LogP contribution in [0.2, 0.25) is 0 Å². The number of nitrogens with two attached hydrogens (primary N) is 1. The molecule has 0 heterocycles. The predicted octanol–water partition coefficient (Wildman–Crippen LogP) is 0.692. The number of carbonyl (C=O) groups is 1. The molecule has 1 aliphatic rings. The van der Waals surface area contributed by atoms with Crippen molar-refractivity contribution in [3.05, 3.63) is 0 Å². The average Bonchev–Trinajstić information content (AvgIpc) is 2.15. The van der Waals surface area contributed by atoms with Crippen LogP contribution in [0.15, 0.2) is 0 Å². The molecule has 2 amide bonds. The number of hydrogen-bond donors (Lipinski definition) is 2. The van der Waals surface area contributed by atoms with Crippen molar-refractivity contribution in [1.82, 2.24) is 4.90 Å². The van der Waals surface area contributed by atoms with E-state index in [0.29, 0.717) is 6.54 Å². The summed E-state index contributed by atoms with van der Waals surface area (Å²) < 4.78 is 0. The summed E-state index contributed by atoms with van der Waals surface area (Å²) in [5.74, 6) is 0. The van der Waals surface area contributed by atoms with Gasteiger partial charge in [-0.25, -0.2) is 4.79 Å². The highest BCUT2D eigenvalue weighted by Gasteiger charge is 2.22. The largest absolute Gasteiger partial charge is 0.395 e. The van der Waals surface area contributed by atoms with Gasteiger partial charge in [0.15, 0.2) is 0 Å². The Morgan fingerprint density at radius 1 is 1.38 bits per heavy atom. The Morgan fingerprint density at radius 3 is 2.46 bits per heavy atom. The fourth-order valence-corrected chi connectivity index (χ4v) is 1.97. The second-order valence-electron chi connectivity index (χ2n) is 3.55. The maximum Gasteiger partial charge on any atom is 0.315 e. The molecule has 0 aliphatic heterocycles. The van der Waals surface area contributed by atoms with Gasteiger partial charge in [0, 0.05) is 12.6 Å². The topological polar surface area (TPSA) is 66.6 Å². The zero-order chi connectivity index (χ0) is 9.68. The molecule has 76 valence electrons. The average molecular weight is 186 g/mol. The Balaban J connectivity index is 2.46. The molecule has 0 atom stereocenters. The molecular formula is C9H18N2O2. The molecule has 1 rings (SSSR count). The van der Waals surface area contributed by atoms with Gasteiger partial charge in [-0.05, 0) is 12.8 Å². The monoisotopic (exact) mass is 186 g/mol. The molecule has 0 spiro atoms. The van der Waals surface area contributed by atoms with E-state index in [1.807, 2.05) is 0 Å². The van der Waals surface area contributed by atoms with E-state index in [9.17, 15) is 4.79 Å². The number of aliphatic hydroxyl groups is 1. The lowest BCUT2D eigenvalue weighted by Gasteiger charge is -2.32. The van der Waals surface area contributed by atoms with Crippen molar-refractivity contribution in [1.29, 1.82) is 0 Å². The van der Waals surface area contributed by atoms with Crippen LogP contribution in [0, 0.1) is 0 Å². The van der Waals surface area contributed by atoms with Crippen LogP contribution < -0.4 is 5.73 Å². The molecule has 0 aromatic rings. The maximum absolute atomic E-state index is 11.0. The molecule has 4 heteroatoms. The van der Waals surface area contributed by atoms with Crippen LogP contribution in [0.25, 0.3) is 0 Å². The molecular weight excluding hydrogens is 168 g/mol. The normalized spacial score (nSPS) is 18.5. The Hall–Kier alpha value is -0.770. The molecule has 1 fully saturated rings.